The van der Waals surface area contributed by atoms with E-state index in [4.69, 9.17) is 9.72 Å². The fourth-order valence-electron chi connectivity index (χ4n) is 4.08. The monoisotopic (exact) mass is 303 g/mol. The molecular weight excluding hydrogens is 290 g/mol. The molecule has 1 aromatic carbocycles. The fourth-order valence-corrected chi connectivity index (χ4v) is 6.76. The third-order valence-corrected chi connectivity index (χ3v) is 7.51. The molecule has 1 saturated heterocycles. The maximum absolute atomic E-state index is 11.8. The van der Waals surface area contributed by atoms with Gasteiger partial charge in [-0.05, 0) is 30.9 Å². The first-order valence-electron chi connectivity index (χ1n) is 7.02. The van der Waals surface area contributed by atoms with E-state index in [1.165, 1.54) is 11.1 Å². The molecule has 2 saturated carbocycles. The van der Waals surface area contributed by atoms with Crippen molar-refractivity contribution in [1.29, 1.82) is 0 Å². The van der Waals surface area contributed by atoms with Gasteiger partial charge in [0, 0.05) is 5.92 Å². The Morgan fingerprint density at radius 2 is 2.20 bits per heavy atom. The van der Waals surface area contributed by atoms with Gasteiger partial charge in [-0.25, -0.2) is 4.98 Å². The zero-order valence-electron chi connectivity index (χ0n) is 10.7. The summed E-state index contributed by atoms with van der Waals surface area (Å²) in [5, 5.41) is 0.420. The van der Waals surface area contributed by atoms with Gasteiger partial charge >= 0.3 is 5.97 Å². The zero-order valence-corrected chi connectivity index (χ0v) is 12.3. The van der Waals surface area contributed by atoms with Crippen molar-refractivity contribution in [1.82, 2.24) is 4.98 Å². The average Bonchev–Trinajstić information content (AvgIpc) is 3.14. The van der Waals surface area contributed by atoms with Crippen molar-refractivity contribution < 1.29 is 9.53 Å². The van der Waals surface area contributed by atoms with Gasteiger partial charge in [0.15, 0.2) is 4.34 Å². The van der Waals surface area contributed by atoms with Gasteiger partial charge in [0.2, 0.25) is 0 Å². The molecule has 1 aliphatic heterocycles. The summed E-state index contributed by atoms with van der Waals surface area (Å²) in [4.78, 5) is 16.5. The third kappa shape index (κ3) is 1.48. The van der Waals surface area contributed by atoms with Gasteiger partial charge < -0.3 is 4.74 Å². The van der Waals surface area contributed by atoms with Gasteiger partial charge in [-0.2, -0.15) is 0 Å². The maximum Gasteiger partial charge on any atom is 0.309 e. The second kappa shape index (κ2) is 3.98. The highest BCUT2D eigenvalue weighted by Crippen LogP contribution is 2.59. The minimum Gasteiger partial charge on any atom is -0.461 e. The predicted molar refractivity (Wildman–Crippen MR) is 78.8 cm³/mol. The van der Waals surface area contributed by atoms with Crippen molar-refractivity contribution >= 4 is 39.3 Å². The molecule has 3 aliphatic rings. The smallest absolute Gasteiger partial charge is 0.309 e. The lowest BCUT2D eigenvalue weighted by atomic mass is 9.90. The van der Waals surface area contributed by atoms with Gasteiger partial charge in [-0.1, -0.05) is 23.9 Å². The number of hydrogen-bond acceptors (Lipinski definition) is 5. The Hall–Kier alpha value is -1.07. The van der Waals surface area contributed by atoms with Gasteiger partial charge in [-0.15, -0.1) is 11.3 Å². The van der Waals surface area contributed by atoms with Crippen LogP contribution in [0.15, 0.2) is 28.6 Å². The van der Waals surface area contributed by atoms with E-state index in [0.29, 0.717) is 17.1 Å². The normalized spacial score (nSPS) is 37.8. The lowest BCUT2D eigenvalue weighted by molar-refractivity contribution is -0.143. The van der Waals surface area contributed by atoms with Crippen LogP contribution in [-0.2, 0) is 9.53 Å². The number of benzene rings is 1. The van der Waals surface area contributed by atoms with Crippen molar-refractivity contribution in [2.75, 3.05) is 0 Å². The summed E-state index contributed by atoms with van der Waals surface area (Å²) in [6, 6.07) is 8.25. The molecule has 2 heterocycles. The second-order valence-electron chi connectivity index (χ2n) is 5.93. The van der Waals surface area contributed by atoms with Crippen LogP contribution in [0.5, 0.6) is 0 Å². The van der Waals surface area contributed by atoms with Crippen LogP contribution < -0.4 is 0 Å². The van der Waals surface area contributed by atoms with Crippen LogP contribution in [0.1, 0.15) is 12.8 Å². The molecule has 2 bridgehead atoms. The van der Waals surface area contributed by atoms with Crippen LogP contribution in [0.3, 0.4) is 0 Å². The van der Waals surface area contributed by atoms with Crippen LogP contribution in [0, 0.1) is 17.8 Å². The van der Waals surface area contributed by atoms with Crippen LogP contribution in [0.4, 0.5) is 0 Å². The highest BCUT2D eigenvalue weighted by molar-refractivity contribution is 8.01. The van der Waals surface area contributed by atoms with E-state index in [2.05, 4.69) is 18.2 Å². The highest BCUT2D eigenvalue weighted by Gasteiger charge is 2.62. The number of thiazole rings is 1. The summed E-state index contributed by atoms with van der Waals surface area (Å²) < 4.78 is 7.96. The van der Waals surface area contributed by atoms with Gasteiger partial charge in [-0.3, -0.25) is 4.79 Å². The SMILES string of the molecule is O=C1O[C@H]2[C@H]3C[C@H](C[C@@H]13)[C@H]2Sc1nc2ccccc2s1. The van der Waals surface area contributed by atoms with Crippen LogP contribution in [0.2, 0.25) is 0 Å². The van der Waals surface area contributed by atoms with Crippen molar-refractivity contribution in [3.05, 3.63) is 24.3 Å². The molecule has 0 amide bonds. The molecule has 0 spiro atoms. The molecule has 2 aliphatic carbocycles. The van der Waals surface area contributed by atoms with Crippen LogP contribution >= 0.6 is 23.1 Å². The maximum atomic E-state index is 11.8. The molecule has 2 aromatic rings. The topological polar surface area (TPSA) is 39.2 Å². The summed E-state index contributed by atoms with van der Waals surface area (Å²) in [5.74, 6) is 1.38. The first-order valence-corrected chi connectivity index (χ1v) is 8.72. The minimum absolute atomic E-state index is 0.0508. The first-order chi connectivity index (χ1) is 9.79. The van der Waals surface area contributed by atoms with Crippen LogP contribution in [-0.4, -0.2) is 22.3 Å². The lowest BCUT2D eigenvalue weighted by Gasteiger charge is -2.23. The van der Waals surface area contributed by atoms with E-state index < -0.39 is 0 Å². The van der Waals surface area contributed by atoms with Crippen LogP contribution in [0.25, 0.3) is 10.2 Å². The number of nitrogens with zero attached hydrogens (tertiary/aromatic N) is 1. The number of esters is 1. The molecule has 3 nitrogen and oxygen atoms in total. The Balaban J connectivity index is 1.46. The molecule has 5 heteroatoms. The molecular formula is C15H13NO2S2. The van der Waals surface area contributed by atoms with Gasteiger partial charge in [0.25, 0.3) is 0 Å². The Morgan fingerprint density at radius 3 is 3.10 bits per heavy atom. The number of carbonyl (C=O) groups excluding carboxylic acids is 1. The van der Waals surface area contributed by atoms with Crippen molar-refractivity contribution in [3.63, 3.8) is 0 Å². The predicted octanol–water partition coefficient (Wildman–Crippen LogP) is 3.34. The molecule has 3 fully saturated rings. The molecule has 20 heavy (non-hydrogen) atoms. The molecule has 0 N–H and O–H groups in total. The third-order valence-electron chi connectivity index (χ3n) is 4.92. The molecule has 5 atom stereocenters. The second-order valence-corrected chi connectivity index (χ2v) is 8.39. The summed E-state index contributed by atoms with van der Waals surface area (Å²) >= 11 is 3.58. The number of aromatic nitrogens is 1. The average molecular weight is 303 g/mol. The van der Waals surface area contributed by atoms with Crippen molar-refractivity contribution in [2.24, 2.45) is 17.8 Å². The van der Waals surface area contributed by atoms with E-state index in [1.54, 1.807) is 11.3 Å². The number of para-hydroxylation sites is 1. The largest absolute Gasteiger partial charge is 0.461 e. The number of fused-ring (bicyclic) bond motifs is 2. The first kappa shape index (κ1) is 11.6. The molecule has 1 aromatic heterocycles. The number of carbonyl (C=O) groups is 1. The number of rotatable bonds is 2. The zero-order chi connectivity index (χ0) is 13.3. The molecule has 0 radical (unpaired) electrons. The Morgan fingerprint density at radius 1 is 1.30 bits per heavy atom. The van der Waals surface area contributed by atoms with E-state index in [-0.39, 0.29) is 18.0 Å². The molecule has 5 rings (SSSR count). The van der Waals surface area contributed by atoms with E-state index in [0.717, 1.165) is 16.3 Å². The quantitative estimate of drug-likeness (QED) is 0.798. The highest BCUT2D eigenvalue weighted by atomic mass is 32.2. The number of ether oxygens (including phenoxy) is 1. The van der Waals surface area contributed by atoms with Crippen molar-refractivity contribution in [2.45, 2.75) is 28.5 Å². The summed E-state index contributed by atoms with van der Waals surface area (Å²) in [7, 11) is 0. The Kier molecular flexibility index (Phi) is 2.30. The molecule has 0 unspecified atom stereocenters. The standard InChI is InChI=1S/C15H13NO2S2/c17-14-9-6-7-5-8(9)12(18-14)13(7)20-15-16-10-3-1-2-4-11(10)19-15/h1-4,7-9,12-13H,5-6H2/t7-,8+,9-,12+,13-/m1/s1. The Labute approximate surface area is 124 Å². The van der Waals surface area contributed by atoms with E-state index >= 15 is 0 Å². The van der Waals surface area contributed by atoms with E-state index in [9.17, 15) is 4.79 Å². The summed E-state index contributed by atoms with van der Waals surface area (Å²) in [6.45, 7) is 0. The Bertz CT molecular complexity index is 680. The fraction of sp³-hybridized carbons (Fsp3) is 0.467. The molecule has 102 valence electrons. The van der Waals surface area contributed by atoms with Gasteiger partial charge in [0.1, 0.15) is 6.10 Å². The summed E-state index contributed by atoms with van der Waals surface area (Å²) in [6.07, 6.45) is 2.34. The lowest BCUT2D eigenvalue weighted by Crippen LogP contribution is -2.29. The summed E-state index contributed by atoms with van der Waals surface area (Å²) in [5.41, 5.74) is 1.07. The number of hydrogen-bond donors (Lipinski definition) is 0. The van der Waals surface area contributed by atoms with Crippen molar-refractivity contribution in [3.8, 4) is 0 Å². The van der Waals surface area contributed by atoms with E-state index in [1.807, 2.05) is 17.8 Å². The minimum atomic E-state index is 0.0508. The van der Waals surface area contributed by atoms with Gasteiger partial charge in [0.05, 0.1) is 21.4 Å². The number of thioether (sulfide) groups is 1.